The Hall–Kier alpha value is -1.30. The Bertz CT molecular complexity index is 311. The van der Waals surface area contributed by atoms with Crippen molar-refractivity contribution in [3.05, 3.63) is 0 Å². The van der Waals surface area contributed by atoms with Gasteiger partial charge >= 0.3 is 0 Å². The van der Waals surface area contributed by atoms with E-state index in [1.165, 1.54) is 0 Å². The number of hydrogen-bond acceptors (Lipinski definition) is 3. The minimum atomic E-state index is -0.362. The Labute approximate surface area is 122 Å². The van der Waals surface area contributed by atoms with Crippen molar-refractivity contribution in [2.45, 2.75) is 40.7 Å². The van der Waals surface area contributed by atoms with Gasteiger partial charge in [0.2, 0.25) is 5.91 Å². The van der Waals surface area contributed by atoms with E-state index in [9.17, 15) is 4.79 Å². The number of ether oxygens (including phenoxy) is 1. The average Bonchev–Trinajstić information content (AvgIpc) is 2.33. The van der Waals surface area contributed by atoms with E-state index in [-0.39, 0.29) is 17.4 Å². The number of nitrogens with one attached hydrogen (secondary N) is 3. The van der Waals surface area contributed by atoms with E-state index in [1.807, 2.05) is 34.6 Å². The molecule has 118 valence electrons. The van der Waals surface area contributed by atoms with Crippen molar-refractivity contribution in [2.24, 2.45) is 10.4 Å². The lowest BCUT2D eigenvalue weighted by Gasteiger charge is -2.18. The molecule has 6 nitrogen and oxygen atoms in total. The molecule has 1 unspecified atom stereocenters. The molecular formula is C14H30N4O2. The summed E-state index contributed by atoms with van der Waals surface area (Å²) in [4.78, 5) is 16.1. The van der Waals surface area contributed by atoms with Crippen LogP contribution < -0.4 is 16.0 Å². The van der Waals surface area contributed by atoms with Gasteiger partial charge in [0.15, 0.2) is 5.96 Å². The van der Waals surface area contributed by atoms with Crippen molar-refractivity contribution in [2.75, 3.05) is 33.4 Å². The van der Waals surface area contributed by atoms with Crippen LogP contribution in [-0.2, 0) is 9.53 Å². The minimum Gasteiger partial charge on any atom is -0.383 e. The highest BCUT2D eigenvalue weighted by molar-refractivity contribution is 5.81. The molecule has 0 aromatic carbocycles. The number of carbonyl (C=O) groups is 1. The van der Waals surface area contributed by atoms with E-state index in [1.54, 1.807) is 7.11 Å². The van der Waals surface area contributed by atoms with Gasteiger partial charge in [0.1, 0.15) is 0 Å². The van der Waals surface area contributed by atoms with Crippen molar-refractivity contribution in [3.8, 4) is 0 Å². The zero-order valence-corrected chi connectivity index (χ0v) is 13.7. The summed E-state index contributed by atoms with van der Waals surface area (Å²) in [7, 11) is 1.67. The highest BCUT2D eigenvalue weighted by atomic mass is 16.5. The van der Waals surface area contributed by atoms with Gasteiger partial charge < -0.3 is 20.7 Å². The minimum absolute atomic E-state index is 0.0402. The highest BCUT2D eigenvalue weighted by Crippen LogP contribution is 2.11. The van der Waals surface area contributed by atoms with Gasteiger partial charge in [0.25, 0.3) is 0 Å². The second kappa shape index (κ2) is 9.58. The molecule has 0 fully saturated rings. The van der Waals surface area contributed by atoms with E-state index in [4.69, 9.17) is 4.74 Å². The molecule has 0 aromatic rings. The Morgan fingerprint density at radius 3 is 2.45 bits per heavy atom. The molecular weight excluding hydrogens is 256 g/mol. The number of nitrogens with zero attached hydrogens (tertiary/aromatic N) is 1. The second-order valence-corrected chi connectivity index (χ2v) is 5.77. The van der Waals surface area contributed by atoms with Crippen molar-refractivity contribution in [1.29, 1.82) is 0 Å². The summed E-state index contributed by atoms with van der Waals surface area (Å²) >= 11 is 0. The number of hydrogen-bond donors (Lipinski definition) is 3. The van der Waals surface area contributed by atoms with E-state index < -0.39 is 0 Å². The lowest BCUT2D eigenvalue weighted by molar-refractivity contribution is -0.128. The van der Waals surface area contributed by atoms with Crippen LogP contribution in [0.15, 0.2) is 4.99 Å². The fourth-order valence-electron chi connectivity index (χ4n) is 1.45. The van der Waals surface area contributed by atoms with Gasteiger partial charge in [-0.1, -0.05) is 20.8 Å². The number of methoxy groups -OCH3 is 1. The predicted octanol–water partition coefficient (Wildman–Crippen LogP) is 0.739. The first-order valence-electron chi connectivity index (χ1n) is 7.13. The molecule has 0 aliphatic heterocycles. The maximum atomic E-state index is 11.7. The molecule has 0 aliphatic rings. The lowest BCUT2D eigenvalue weighted by atomic mass is 9.96. The van der Waals surface area contributed by atoms with Crippen molar-refractivity contribution < 1.29 is 9.53 Å². The third-order valence-electron chi connectivity index (χ3n) is 2.49. The summed E-state index contributed by atoms with van der Waals surface area (Å²) in [5.41, 5.74) is -0.362. The first-order chi connectivity index (χ1) is 9.31. The quantitative estimate of drug-likeness (QED) is 0.366. The number of carbonyl (C=O) groups excluding carboxylic acids is 1. The zero-order chi connectivity index (χ0) is 15.6. The molecule has 1 atom stereocenters. The standard InChI is InChI=1S/C14H30N4O2/c1-7-15-13(18-11(2)10-20-6)17-9-8-16-12(19)14(3,4)5/h11H,7-10H2,1-6H3,(H,16,19)(H2,15,17,18). The van der Waals surface area contributed by atoms with Gasteiger partial charge in [-0.15, -0.1) is 0 Å². The van der Waals surface area contributed by atoms with Crippen molar-refractivity contribution in [3.63, 3.8) is 0 Å². The summed E-state index contributed by atoms with van der Waals surface area (Å²) < 4.78 is 5.07. The smallest absolute Gasteiger partial charge is 0.225 e. The third kappa shape index (κ3) is 8.74. The predicted molar refractivity (Wildman–Crippen MR) is 82.9 cm³/mol. The van der Waals surface area contributed by atoms with Crippen LogP contribution in [0.4, 0.5) is 0 Å². The van der Waals surface area contributed by atoms with Gasteiger partial charge in [-0.25, -0.2) is 0 Å². The fourth-order valence-corrected chi connectivity index (χ4v) is 1.45. The molecule has 0 saturated carbocycles. The topological polar surface area (TPSA) is 74.8 Å². The van der Waals surface area contributed by atoms with E-state index in [2.05, 4.69) is 20.9 Å². The summed E-state index contributed by atoms with van der Waals surface area (Å²) in [6.07, 6.45) is 0. The van der Waals surface area contributed by atoms with Gasteiger partial charge in [-0.3, -0.25) is 9.79 Å². The Balaban J connectivity index is 4.18. The summed E-state index contributed by atoms with van der Waals surface area (Å²) in [6, 6.07) is 0.182. The van der Waals surface area contributed by atoms with Crippen LogP contribution in [0.3, 0.4) is 0 Å². The molecule has 0 saturated heterocycles. The summed E-state index contributed by atoms with van der Waals surface area (Å²) in [5, 5.41) is 9.27. The monoisotopic (exact) mass is 286 g/mol. The lowest BCUT2D eigenvalue weighted by Crippen LogP contribution is -2.44. The molecule has 0 spiro atoms. The van der Waals surface area contributed by atoms with Gasteiger partial charge in [-0.2, -0.15) is 0 Å². The Morgan fingerprint density at radius 2 is 1.95 bits per heavy atom. The molecule has 1 amide bonds. The van der Waals surface area contributed by atoms with E-state index in [0.717, 1.165) is 12.5 Å². The van der Waals surface area contributed by atoms with E-state index in [0.29, 0.717) is 19.7 Å². The average molecular weight is 286 g/mol. The van der Waals surface area contributed by atoms with Crippen LogP contribution in [0.25, 0.3) is 0 Å². The zero-order valence-electron chi connectivity index (χ0n) is 13.7. The molecule has 0 aliphatic carbocycles. The fraction of sp³-hybridized carbons (Fsp3) is 0.857. The van der Waals surface area contributed by atoms with Crippen LogP contribution in [0, 0.1) is 5.41 Å². The number of aliphatic imine (C=N–C) groups is 1. The van der Waals surface area contributed by atoms with Crippen molar-refractivity contribution >= 4 is 11.9 Å². The maximum Gasteiger partial charge on any atom is 0.225 e. The Kier molecular flexibility index (Phi) is 8.96. The normalized spacial score (nSPS) is 13.8. The number of amides is 1. The molecule has 0 bridgehead atoms. The first-order valence-corrected chi connectivity index (χ1v) is 7.13. The van der Waals surface area contributed by atoms with Crippen LogP contribution in [0.1, 0.15) is 34.6 Å². The molecule has 0 rings (SSSR count). The third-order valence-corrected chi connectivity index (χ3v) is 2.49. The molecule has 0 radical (unpaired) electrons. The summed E-state index contributed by atoms with van der Waals surface area (Å²) in [5.74, 6) is 0.778. The number of guanidine groups is 1. The van der Waals surface area contributed by atoms with Crippen LogP contribution in [0.5, 0.6) is 0 Å². The highest BCUT2D eigenvalue weighted by Gasteiger charge is 2.20. The van der Waals surface area contributed by atoms with Gasteiger partial charge in [-0.05, 0) is 13.8 Å². The Morgan fingerprint density at radius 1 is 1.30 bits per heavy atom. The summed E-state index contributed by atoms with van der Waals surface area (Å²) in [6.45, 7) is 12.2. The van der Waals surface area contributed by atoms with Crippen molar-refractivity contribution in [1.82, 2.24) is 16.0 Å². The maximum absolute atomic E-state index is 11.7. The van der Waals surface area contributed by atoms with E-state index >= 15 is 0 Å². The molecule has 0 aromatic heterocycles. The second-order valence-electron chi connectivity index (χ2n) is 5.77. The van der Waals surface area contributed by atoms with Crippen LogP contribution in [0.2, 0.25) is 0 Å². The van der Waals surface area contributed by atoms with Gasteiger partial charge in [0, 0.05) is 31.7 Å². The van der Waals surface area contributed by atoms with Crippen LogP contribution >= 0.6 is 0 Å². The SMILES string of the molecule is CCNC(=NCCNC(=O)C(C)(C)C)NC(C)COC. The molecule has 0 heterocycles. The molecule has 3 N–H and O–H groups in total. The number of rotatable bonds is 7. The largest absolute Gasteiger partial charge is 0.383 e. The first kappa shape index (κ1) is 18.7. The molecule has 6 heteroatoms. The van der Waals surface area contributed by atoms with Crippen LogP contribution in [-0.4, -0.2) is 51.3 Å². The molecule has 20 heavy (non-hydrogen) atoms. The van der Waals surface area contributed by atoms with Gasteiger partial charge in [0.05, 0.1) is 13.2 Å².